The summed E-state index contributed by atoms with van der Waals surface area (Å²) in [5, 5.41) is 21.2. The van der Waals surface area contributed by atoms with E-state index in [1.54, 1.807) is 6.07 Å². The predicted octanol–water partition coefficient (Wildman–Crippen LogP) is 1.88. The van der Waals surface area contributed by atoms with Crippen LogP contribution in [0.3, 0.4) is 0 Å². The zero-order valence-corrected chi connectivity index (χ0v) is 25.1. The number of nitrogens with one attached hydrogen (secondary N) is 1. The molecular formula is C28H34N4O9S2. The van der Waals surface area contributed by atoms with Crippen LogP contribution in [-0.4, -0.2) is 105 Å². The van der Waals surface area contributed by atoms with Crippen molar-refractivity contribution in [2.75, 3.05) is 39.9 Å². The fourth-order valence-electron chi connectivity index (χ4n) is 5.55. The molecule has 232 valence electrons. The highest BCUT2D eigenvalue weighted by molar-refractivity contribution is 7.89. The van der Waals surface area contributed by atoms with Crippen molar-refractivity contribution in [3.8, 4) is 5.75 Å². The molecule has 0 bridgehead atoms. The summed E-state index contributed by atoms with van der Waals surface area (Å²) in [5.41, 5.74) is 0.0329. The first kappa shape index (κ1) is 31.1. The molecule has 2 fully saturated rings. The highest BCUT2D eigenvalue weighted by atomic mass is 32.2. The summed E-state index contributed by atoms with van der Waals surface area (Å²) in [6, 6.07) is 14.1. The van der Waals surface area contributed by atoms with E-state index in [-0.39, 0.29) is 48.4 Å². The number of amides is 1. The molecule has 2 atom stereocenters. The van der Waals surface area contributed by atoms with E-state index < -0.39 is 43.9 Å². The molecule has 0 saturated carbocycles. The lowest BCUT2D eigenvalue weighted by Gasteiger charge is -2.38. The van der Waals surface area contributed by atoms with Gasteiger partial charge in [-0.15, -0.1) is 0 Å². The predicted molar refractivity (Wildman–Crippen MR) is 156 cm³/mol. The second-order valence-corrected chi connectivity index (χ2v) is 14.5. The maximum absolute atomic E-state index is 13.4. The average molecular weight is 635 g/mol. The molecule has 3 heterocycles. The fraction of sp³-hybridized carbons (Fsp3) is 0.429. The average Bonchev–Trinajstić information content (AvgIpc) is 3.41. The lowest BCUT2D eigenvalue weighted by atomic mass is 9.88. The van der Waals surface area contributed by atoms with Crippen molar-refractivity contribution in [3.63, 3.8) is 0 Å². The first-order chi connectivity index (χ1) is 20.4. The summed E-state index contributed by atoms with van der Waals surface area (Å²) in [6.07, 6.45) is 0.103. The molecule has 1 amide bonds. The molecule has 2 saturated heterocycles. The van der Waals surface area contributed by atoms with Gasteiger partial charge in [-0.1, -0.05) is 24.3 Å². The number of rotatable bonds is 10. The van der Waals surface area contributed by atoms with Crippen LogP contribution in [0.25, 0.3) is 10.9 Å². The summed E-state index contributed by atoms with van der Waals surface area (Å²) < 4.78 is 66.0. The molecule has 3 aromatic rings. The Kier molecular flexibility index (Phi) is 8.92. The third-order valence-electron chi connectivity index (χ3n) is 7.95. The minimum absolute atomic E-state index is 0.00432. The number of aliphatic hydroxyl groups excluding tert-OH is 1. The standard InChI is InChI=1S/C28H34N4O9S2/c1-29-42(36,37)24-7-4-6-23(14-24)40-19-22(33)17-32(27(34)35)21-15-28(41-18-21)9-11-31(12-10-28)43(38,39)25-13-20-5-2-3-8-26(20)30-16-25/h2-8,13-14,16,21-22,29,33H,9-12,15,17-19H2,1H3,(H,34,35)/t21-,22+/m1/s1. The Hall–Kier alpha value is -3.34. The molecule has 3 N–H and O–H groups in total. The van der Waals surface area contributed by atoms with Gasteiger partial charge in [0.2, 0.25) is 20.0 Å². The van der Waals surface area contributed by atoms with Crippen molar-refractivity contribution in [2.45, 2.75) is 46.8 Å². The minimum Gasteiger partial charge on any atom is -0.491 e. The van der Waals surface area contributed by atoms with Gasteiger partial charge in [0.1, 0.15) is 23.4 Å². The smallest absolute Gasteiger partial charge is 0.407 e. The highest BCUT2D eigenvalue weighted by Crippen LogP contribution is 2.39. The van der Waals surface area contributed by atoms with Gasteiger partial charge >= 0.3 is 6.09 Å². The number of sulfonamides is 2. The summed E-state index contributed by atoms with van der Waals surface area (Å²) >= 11 is 0. The number of para-hydroxylation sites is 1. The Bertz CT molecular complexity index is 1690. The van der Waals surface area contributed by atoms with Gasteiger partial charge in [0.15, 0.2) is 0 Å². The molecule has 43 heavy (non-hydrogen) atoms. The topological polar surface area (TPSA) is 176 Å². The molecule has 5 rings (SSSR count). The van der Waals surface area contributed by atoms with Crippen molar-refractivity contribution < 1.29 is 41.3 Å². The number of carboxylic acid groups (broad SMARTS) is 1. The normalized spacial score (nSPS) is 19.8. The van der Waals surface area contributed by atoms with Crippen LogP contribution in [0.1, 0.15) is 19.3 Å². The number of nitrogens with zero attached hydrogens (tertiary/aromatic N) is 3. The van der Waals surface area contributed by atoms with Crippen LogP contribution in [0.15, 0.2) is 70.6 Å². The van der Waals surface area contributed by atoms with Crippen molar-refractivity contribution >= 4 is 37.0 Å². The number of pyridine rings is 1. The van der Waals surface area contributed by atoms with E-state index in [9.17, 15) is 31.8 Å². The van der Waals surface area contributed by atoms with Crippen LogP contribution in [-0.2, 0) is 24.8 Å². The number of benzene rings is 2. The van der Waals surface area contributed by atoms with Crippen LogP contribution in [0.5, 0.6) is 5.75 Å². The Morgan fingerprint density at radius 3 is 2.60 bits per heavy atom. The monoisotopic (exact) mass is 634 g/mol. The largest absolute Gasteiger partial charge is 0.491 e. The Balaban J connectivity index is 1.17. The fourth-order valence-corrected chi connectivity index (χ4v) is 7.74. The van der Waals surface area contributed by atoms with E-state index in [1.165, 1.54) is 41.8 Å². The van der Waals surface area contributed by atoms with Crippen LogP contribution >= 0.6 is 0 Å². The highest BCUT2D eigenvalue weighted by Gasteiger charge is 2.47. The molecule has 0 radical (unpaired) electrons. The van der Waals surface area contributed by atoms with Gasteiger partial charge in [0.05, 0.1) is 35.2 Å². The van der Waals surface area contributed by atoms with Gasteiger partial charge in [0, 0.05) is 30.7 Å². The molecule has 13 nitrogen and oxygen atoms in total. The van der Waals surface area contributed by atoms with Gasteiger partial charge in [-0.3, -0.25) is 4.98 Å². The molecule has 1 aromatic heterocycles. The van der Waals surface area contributed by atoms with Gasteiger partial charge in [-0.05, 0) is 50.6 Å². The molecular weight excluding hydrogens is 600 g/mol. The van der Waals surface area contributed by atoms with E-state index in [1.807, 2.05) is 24.3 Å². The van der Waals surface area contributed by atoms with Crippen molar-refractivity contribution in [2.24, 2.45) is 0 Å². The van der Waals surface area contributed by atoms with Crippen molar-refractivity contribution in [1.82, 2.24) is 18.9 Å². The van der Waals surface area contributed by atoms with Crippen LogP contribution in [0, 0.1) is 0 Å². The SMILES string of the molecule is CNS(=O)(=O)c1cccc(OC[C@@H](O)CN(C(=O)O)[C@H]2COC3(CCN(S(=O)(=O)c4cnc5ccccc5c4)CC3)C2)c1. The van der Waals surface area contributed by atoms with Crippen LogP contribution in [0.2, 0.25) is 0 Å². The van der Waals surface area contributed by atoms with Crippen LogP contribution < -0.4 is 9.46 Å². The third kappa shape index (κ3) is 6.76. The molecule has 2 aliphatic heterocycles. The van der Waals surface area contributed by atoms with E-state index >= 15 is 0 Å². The quantitative estimate of drug-likeness (QED) is 0.299. The lowest BCUT2D eigenvalue weighted by molar-refractivity contribution is -0.0319. The molecule has 0 aliphatic carbocycles. The Morgan fingerprint density at radius 2 is 1.88 bits per heavy atom. The van der Waals surface area contributed by atoms with E-state index in [4.69, 9.17) is 9.47 Å². The first-order valence-corrected chi connectivity index (χ1v) is 16.7. The number of fused-ring (bicyclic) bond motifs is 1. The second-order valence-electron chi connectivity index (χ2n) is 10.7. The maximum atomic E-state index is 13.4. The van der Waals surface area contributed by atoms with Gasteiger partial charge < -0.3 is 24.6 Å². The molecule has 15 heteroatoms. The summed E-state index contributed by atoms with van der Waals surface area (Å²) in [7, 11) is -6.16. The Labute approximate surface area is 250 Å². The second kappa shape index (κ2) is 12.3. The number of hydrogen-bond acceptors (Lipinski definition) is 9. The number of carbonyl (C=O) groups is 1. The molecule has 1 spiro atoms. The molecule has 2 aliphatic rings. The minimum atomic E-state index is -3.77. The number of piperidine rings is 1. The Morgan fingerprint density at radius 1 is 1.14 bits per heavy atom. The number of ether oxygens (including phenoxy) is 2. The summed E-state index contributed by atoms with van der Waals surface area (Å²) in [4.78, 5) is 17.7. The third-order valence-corrected chi connectivity index (χ3v) is 11.2. The lowest BCUT2D eigenvalue weighted by Crippen LogP contribution is -2.48. The van der Waals surface area contributed by atoms with E-state index in [2.05, 4.69) is 9.71 Å². The van der Waals surface area contributed by atoms with Gasteiger partial charge in [-0.25, -0.2) is 26.4 Å². The van der Waals surface area contributed by atoms with Crippen molar-refractivity contribution in [1.29, 1.82) is 0 Å². The molecule has 0 unspecified atom stereocenters. The van der Waals surface area contributed by atoms with E-state index in [0.29, 0.717) is 24.8 Å². The zero-order chi connectivity index (χ0) is 30.8. The van der Waals surface area contributed by atoms with Crippen LogP contribution in [0.4, 0.5) is 4.79 Å². The first-order valence-electron chi connectivity index (χ1n) is 13.8. The maximum Gasteiger partial charge on any atom is 0.407 e. The zero-order valence-electron chi connectivity index (χ0n) is 23.5. The van der Waals surface area contributed by atoms with Gasteiger partial charge in [-0.2, -0.15) is 4.31 Å². The number of aliphatic hydroxyl groups is 1. The van der Waals surface area contributed by atoms with Gasteiger partial charge in [0.25, 0.3) is 0 Å². The number of hydrogen-bond donors (Lipinski definition) is 3. The number of aromatic nitrogens is 1. The summed E-state index contributed by atoms with van der Waals surface area (Å²) in [5.74, 6) is 0.210. The summed E-state index contributed by atoms with van der Waals surface area (Å²) in [6.45, 7) is 0.0397. The van der Waals surface area contributed by atoms with Crippen molar-refractivity contribution in [3.05, 3.63) is 60.8 Å². The molecule has 2 aromatic carbocycles. The van der Waals surface area contributed by atoms with E-state index in [0.717, 1.165) is 10.3 Å².